The molecule has 0 N–H and O–H groups in total. The van der Waals surface area contributed by atoms with E-state index in [1.807, 2.05) is 34.6 Å². The SMILES string of the molecule is CCOC(CCCN(C)C(=O)OC(C)(C)C)OCC. The third-order valence-electron chi connectivity index (χ3n) is 2.34. The fourth-order valence-corrected chi connectivity index (χ4v) is 1.51. The van der Waals surface area contributed by atoms with Crippen LogP contribution in [0.4, 0.5) is 4.79 Å². The third kappa shape index (κ3) is 9.73. The lowest BCUT2D eigenvalue weighted by Crippen LogP contribution is -2.35. The van der Waals surface area contributed by atoms with Crippen molar-refractivity contribution < 1.29 is 19.0 Å². The topological polar surface area (TPSA) is 48.0 Å². The summed E-state index contributed by atoms with van der Waals surface area (Å²) in [6.07, 6.45) is 1.12. The molecule has 1 amide bonds. The summed E-state index contributed by atoms with van der Waals surface area (Å²) < 4.78 is 16.2. The molecule has 0 saturated carbocycles. The van der Waals surface area contributed by atoms with Crippen LogP contribution in [0.25, 0.3) is 0 Å². The molecule has 0 spiro atoms. The molecule has 0 atom stereocenters. The Morgan fingerprint density at radius 2 is 1.68 bits per heavy atom. The summed E-state index contributed by atoms with van der Waals surface area (Å²) in [5, 5.41) is 0. The van der Waals surface area contributed by atoms with Crippen molar-refractivity contribution in [3.05, 3.63) is 0 Å². The molecule has 5 heteroatoms. The third-order valence-corrected chi connectivity index (χ3v) is 2.34. The largest absolute Gasteiger partial charge is 0.444 e. The molecule has 0 bridgehead atoms. The molecule has 114 valence electrons. The van der Waals surface area contributed by atoms with Crippen LogP contribution in [0.1, 0.15) is 47.5 Å². The van der Waals surface area contributed by atoms with Gasteiger partial charge in [-0.05, 0) is 41.0 Å². The first kappa shape index (κ1) is 18.2. The second-order valence-corrected chi connectivity index (χ2v) is 5.38. The molecule has 0 aliphatic rings. The van der Waals surface area contributed by atoms with E-state index < -0.39 is 5.60 Å². The number of carbonyl (C=O) groups excluding carboxylic acids is 1. The van der Waals surface area contributed by atoms with Gasteiger partial charge in [-0.1, -0.05) is 0 Å². The maximum absolute atomic E-state index is 11.7. The Bertz CT molecular complexity index is 244. The Kier molecular flexibility index (Phi) is 8.76. The second kappa shape index (κ2) is 9.15. The summed E-state index contributed by atoms with van der Waals surface area (Å²) >= 11 is 0. The molecule has 0 aromatic rings. The zero-order valence-corrected chi connectivity index (χ0v) is 13.2. The van der Waals surface area contributed by atoms with Crippen LogP contribution in [0.3, 0.4) is 0 Å². The van der Waals surface area contributed by atoms with E-state index in [4.69, 9.17) is 14.2 Å². The monoisotopic (exact) mass is 275 g/mol. The lowest BCUT2D eigenvalue weighted by Gasteiger charge is -2.25. The zero-order valence-electron chi connectivity index (χ0n) is 13.2. The van der Waals surface area contributed by atoms with Crippen LogP contribution < -0.4 is 0 Å². The van der Waals surface area contributed by atoms with Gasteiger partial charge in [0, 0.05) is 33.2 Å². The summed E-state index contributed by atoms with van der Waals surface area (Å²) in [6.45, 7) is 11.4. The molecule has 0 heterocycles. The molecule has 0 saturated heterocycles. The lowest BCUT2D eigenvalue weighted by atomic mass is 10.2. The van der Waals surface area contributed by atoms with E-state index in [1.165, 1.54) is 0 Å². The van der Waals surface area contributed by atoms with Crippen LogP contribution in [-0.4, -0.2) is 49.7 Å². The van der Waals surface area contributed by atoms with E-state index in [2.05, 4.69) is 0 Å². The standard InChI is InChI=1S/C14H29NO4/c1-7-17-12(18-8-2)10-9-11-15(6)13(16)19-14(3,4)5/h12H,7-11H2,1-6H3. The van der Waals surface area contributed by atoms with Crippen molar-refractivity contribution in [3.63, 3.8) is 0 Å². The summed E-state index contributed by atoms with van der Waals surface area (Å²) in [5.74, 6) is 0. The van der Waals surface area contributed by atoms with Gasteiger partial charge >= 0.3 is 6.09 Å². The van der Waals surface area contributed by atoms with Crippen LogP contribution in [0.2, 0.25) is 0 Å². The van der Waals surface area contributed by atoms with Gasteiger partial charge in [-0.2, -0.15) is 0 Å². The van der Waals surface area contributed by atoms with Crippen molar-refractivity contribution in [2.75, 3.05) is 26.8 Å². The molecule has 0 aromatic heterocycles. The van der Waals surface area contributed by atoms with Gasteiger partial charge in [-0.25, -0.2) is 4.79 Å². The predicted octanol–water partition coefficient (Wildman–Crippen LogP) is 3.03. The van der Waals surface area contributed by atoms with Crippen LogP contribution in [0, 0.1) is 0 Å². The molecule has 0 fully saturated rings. The maximum Gasteiger partial charge on any atom is 0.410 e. The summed E-state index contributed by atoms with van der Waals surface area (Å²) in [6, 6.07) is 0. The highest BCUT2D eigenvalue weighted by molar-refractivity contribution is 5.67. The van der Waals surface area contributed by atoms with Gasteiger partial charge in [0.15, 0.2) is 6.29 Å². The molecule has 0 aliphatic heterocycles. The lowest BCUT2D eigenvalue weighted by molar-refractivity contribution is -0.140. The van der Waals surface area contributed by atoms with Gasteiger partial charge in [0.2, 0.25) is 0 Å². The van der Waals surface area contributed by atoms with Gasteiger partial charge in [-0.15, -0.1) is 0 Å². The van der Waals surface area contributed by atoms with Crippen molar-refractivity contribution in [3.8, 4) is 0 Å². The molecular weight excluding hydrogens is 246 g/mol. The Labute approximate surface area is 117 Å². The molecule has 19 heavy (non-hydrogen) atoms. The van der Waals surface area contributed by atoms with E-state index in [9.17, 15) is 4.79 Å². The number of amides is 1. The number of ether oxygens (including phenoxy) is 3. The molecule has 0 rings (SSSR count). The summed E-state index contributed by atoms with van der Waals surface area (Å²) in [4.78, 5) is 13.3. The molecule has 0 aromatic carbocycles. The first-order valence-corrected chi connectivity index (χ1v) is 6.97. The smallest absolute Gasteiger partial charge is 0.410 e. The van der Waals surface area contributed by atoms with E-state index >= 15 is 0 Å². The predicted molar refractivity (Wildman–Crippen MR) is 75.1 cm³/mol. The number of rotatable bonds is 8. The fraction of sp³-hybridized carbons (Fsp3) is 0.929. The Balaban J connectivity index is 3.94. The number of hydrogen-bond donors (Lipinski definition) is 0. The Hall–Kier alpha value is -0.810. The normalized spacial score (nSPS) is 11.7. The van der Waals surface area contributed by atoms with Crippen molar-refractivity contribution in [2.24, 2.45) is 0 Å². The molecule has 0 unspecified atom stereocenters. The van der Waals surface area contributed by atoms with Crippen LogP contribution in [0.15, 0.2) is 0 Å². The Morgan fingerprint density at radius 3 is 2.11 bits per heavy atom. The fourth-order valence-electron chi connectivity index (χ4n) is 1.51. The molecular formula is C14H29NO4. The van der Waals surface area contributed by atoms with Gasteiger partial charge in [0.05, 0.1) is 0 Å². The second-order valence-electron chi connectivity index (χ2n) is 5.38. The average Bonchev–Trinajstić information content (AvgIpc) is 2.27. The summed E-state index contributed by atoms with van der Waals surface area (Å²) in [5.41, 5.74) is -0.454. The number of hydrogen-bond acceptors (Lipinski definition) is 4. The van der Waals surface area contributed by atoms with E-state index in [0.29, 0.717) is 19.8 Å². The summed E-state index contributed by atoms with van der Waals surface area (Å²) in [7, 11) is 1.74. The Morgan fingerprint density at radius 1 is 1.16 bits per heavy atom. The zero-order chi connectivity index (χ0) is 14.9. The van der Waals surface area contributed by atoms with Crippen molar-refractivity contribution >= 4 is 6.09 Å². The van der Waals surface area contributed by atoms with E-state index in [0.717, 1.165) is 12.8 Å². The first-order valence-electron chi connectivity index (χ1n) is 6.97. The van der Waals surface area contributed by atoms with Crippen molar-refractivity contribution in [1.29, 1.82) is 0 Å². The minimum absolute atomic E-state index is 0.179. The minimum Gasteiger partial charge on any atom is -0.444 e. The van der Waals surface area contributed by atoms with Crippen molar-refractivity contribution in [2.45, 2.75) is 59.4 Å². The molecule has 5 nitrogen and oxygen atoms in total. The molecule has 0 aliphatic carbocycles. The number of carbonyl (C=O) groups is 1. The highest BCUT2D eigenvalue weighted by Crippen LogP contribution is 2.10. The van der Waals surface area contributed by atoms with Crippen LogP contribution >= 0.6 is 0 Å². The highest BCUT2D eigenvalue weighted by Gasteiger charge is 2.19. The van der Waals surface area contributed by atoms with Gasteiger partial charge in [-0.3, -0.25) is 0 Å². The first-order chi connectivity index (χ1) is 8.80. The quantitative estimate of drug-likeness (QED) is 0.639. The number of nitrogens with zero attached hydrogens (tertiary/aromatic N) is 1. The highest BCUT2D eigenvalue weighted by atomic mass is 16.7. The average molecular weight is 275 g/mol. The molecule has 0 radical (unpaired) electrons. The van der Waals surface area contributed by atoms with Gasteiger partial charge in [0.1, 0.15) is 5.60 Å². The van der Waals surface area contributed by atoms with Gasteiger partial charge in [0.25, 0.3) is 0 Å². The van der Waals surface area contributed by atoms with E-state index in [1.54, 1.807) is 11.9 Å². The minimum atomic E-state index is -0.454. The van der Waals surface area contributed by atoms with Crippen LogP contribution in [-0.2, 0) is 14.2 Å². The van der Waals surface area contributed by atoms with Gasteiger partial charge < -0.3 is 19.1 Å². The van der Waals surface area contributed by atoms with E-state index in [-0.39, 0.29) is 12.4 Å². The van der Waals surface area contributed by atoms with Crippen LogP contribution in [0.5, 0.6) is 0 Å². The maximum atomic E-state index is 11.7. The van der Waals surface area contributed by atoms with Crippen molar-refractivity contribution in [1.82, 2.24) is 4.90 Å².